The second-order valence-electron chi connectivity index (χ2n) is 1.79. The molecule has 0 radical (unpaired) electrons. The van der Waals surface area contributed by atoms with Crippen LogP contribution in [-0.4, -0.2) is 19.5 Å². The van der Waals surface area contributed by atoms with Crippen molar-refractivity contribution in [3.05, 3.63) is 0 Å². The van der Waals surface area contributed by atoms with Crippen LogP contribution in [0.2, 0.25) is 0 Å². The van der Waals surface area contributed by atoms with Crippen molar-refractivity contribution in [2.75, 3.05) is 7.05 Å². The predicted molar refractivity (Wildman–Crippen MR) is 27.6 cm³/mol. The summed E-state index contributed by atoms with van der Waals surface area (Å²) in [5, 5.41) is 2.98. The average Bonchev–Trinajstić information content (AvgIpc) is 1.88. The van der Waals surface area contributed by atoms with Crippen LogP contribution in [0.5, 0.6) is 0 Å². The van der Waals surface area contributed by atoms with Crippen molar-refractivity contribution >= 4 is 0 Å². The third kappa shape index (κ3) is 2.34. The molecular formula is C4H10IN2O2-. The molecule has 1 heterocycles. The first-order valence-corrected chi connectivity index (χ1v) is 4.48. The Bertz CT molecular complexity index is 92.6. The summed E-state index contributed by atoms with van der Waals surface area (Å²) in [6.07, 6.45) is 0.737. The van der Waals surface area contributed by atoms with Gasteiger partial charge >= 0.3 is 65.1 Å². The van der Waals surface area contributed by atoms with Crippen molar-refractivity contribution in [1.82, 2.24) is 5.32 Å². The number of hydrogen-bond donors (Lipinski definition) is 2. The minimum atomic E-state index is -0.560. The summed E-state index contributed by atoms with van der Waals surface area (Å²) in [4.78, 5) is 0. The van der Waals surface area contributed by atoms with Crippen LogP contribution in [0.3, 0.4) is 0 Å². The summed E-state index contributed by atoms with van der Waals surface area (Å²) in [6, 6.07) is 0. The quantitative estimate of drug-likeness (QED) is 0.465. The Morgan fingerprint density at radius 1 is 1.67 bits per heavy atom. The zero-order valence-electron chi connectivity index (χ0n) is 5.13. The van der Waals surface area contributed by atoms with Gasteiger partial charge in [0.05, 0.1) is 0 Å². The fraction of sp³-hybridized carbons (Fsp3) is 1.00. The van der Waals surface area contributed by atoms with Gasteiger partial charge in [-0.3, -0.25) is 0 Å². The third-order valence-corrected chi connectivity index (χ3v) is 2.75. The molecule has 1 fully saturated rings. The van der Waals surface area contributed by atoms with Crippen LogP contribution in [-0.2, 0) is 6.13 Å². The molecule has 0 bridgehead atoms. The molecule has 2 unspecified atom stereocenters. The Morgan fingerprint density at radius 2 is 2.44 bits per heavy atom. The van der Waals surface area contributed by atoms with Gasteiger partial charge in [-0.05, 0) is 0 Å². The van der Waals surface area contributed by atoms with Crippen molar-refractivity contribution in [3.63, 3.8) is 0 Å². The van der Waals surface area contributed by atoms with E-state index in [1.165, 1.54) is 0 Å². The Morgan fingerprint density at radius 3 is 2.89 bits per heavy atom. The van der Waals surface area contributed by atoms with E-state index in [4.69, 9.17) is 11.9 Å². The van der Waals surface area contributed by atoms with Crippen molar-refractivity contribution in [2.24, 2.45) is 5.73 Å². The molecule has 2 atom stereocenters. The van der Waals surface area contributed by atoms with Gasteiger partial charge in [-0.2, -0.15) is 0 Å². The van der Waals surface area contributed by atoms with E-state index in [-0.39, 0.29) is 12.5 Å². The number of halogens is 1. The first-order chi connectivity index (χ1) is 4.33. The normalized spacial score (nSPS) is 37.6. The first-order valence-electron chi connectivity index (χ1n) is 2.72. The standard InChI is InChI=1S/C4H10IN2O2/c1-7-4-2-3(6)8-5-9-4/h3-4,7H,2,6H2,1H3/q-1. The van der Waals surface area contributed by atoms with Crippen molar-refractivity contribution in [3.8, 4) is 0 Å². The molecule has 56 valence electrons. The van der Waals surface area contributed by atoms with Gasteiger partial charge in [0.15, 0.2) is 0 Å². The Hall–Kier alpha value is 0.570. The average molecular weight is 245 g/mol. The molecule has 0 aromatic rings. The summed E-state index contributed by atoms with van der Waals surface area (Å²) < 4.78 is 10.2. The molecule has 0 spiro atoms. The van der Waals surface area contributed by atoms with Crippen LogP contribution < -0.4 is 33.1 Å². The molecule has 1 rings (SSSR count). The Balaban J connectivity index is 2.23. The maximum absolute atomic E-state index is 5.49. The predicted octanol–water partition coefficient (Wildman–Crippen LogP) is -3.83. The van der Waals surface area contributed by atoms with Crippen molar-refractivity contribution in [1.29, 1.82) is 0 Å². The fourth-order valence-electron chi connectivity index (χ4n) is 0.558. The van der Waals surface area contributed by atoms with Crippen molar-refractivity contribution in [2.45, 2.75) is 18.9 Å². The van der Waals surface area contributed by atoms with Gasteiger partial charge in [-0.1, -0.05) is 0 Å². The van der Waals surface area contributed by atoms with Crippen LogP contribution in [0, 0.1) is 0 Å². The summed E-state index contributed by atoms with van der Waals surface area (Å²) >= 11 is -0.560. The van der Waals surface area contributed by atoms with Gasteiger partial charge in [0.1, 0.15) is 0 Å². The van der Waals surface area contributed by atoms with Gasteiger partial charge in [0.2, 0.25) is 0 Å². The molecule has 0 aromatic heterocycles. The molecule has 1 saturated heterocycles. The zero-order chi connectivity index (χ0) is 6.69. The zero-order valence-corrected chi connectivity index (χ0v) is 7.29. The topological polar surface area (TPSA) is 56.5 Å². The van der Waals surface area contributed by atoms with Gasteiger partial charge in [0.25, 0.3) is 0 Å². The monoisotopic (exact) mass is 245 g/mol. The van der Waals surface area contributed by atoms with E-state index < -0.39 is 22.0 Å². The van der Waals surface area contributed by atoms with E-state index >= 15 is 0 Å². The van der Waals surface area contributed by atoms with E-state index in [1.54, 1.807) is 0 Å². The molecule has 0 aromatic carbocycles. The van der Waals surface area contributed by atoms with Gasteiger partial charge < -0.3 is 0 Å². The molecule has 0 amide bonds. The molecule has 0 aliphatic carbocycles. The van der Waals surface area contributed by atoms with Crippen LogP contribution in [0.15, 0.2) is 0 Å². The second-order valence-corrected chi connectivity index (χ2v) is 3.17. The van der Waals surface area contributed by atoms with E-state index in [2.05, 4.69) is 5.32 Å². The van der Waals surface area contributed by atoms with Crippen LogP contribution in [0.1, 0.15) is 6.42 Å². The van der Waals surface area contributed by atoms with Crippen molar-refractivity contribution < 1.29 is 28.2 Å². The van der Waals surface area contributed by atoms with E-state index in [0.717, 1.165) is 6.42 Å². The van der Waals surface area contributed by atoms with E-state index in [1.807, 2.05) is 7.05 Å². The number of nitrogens with one attached hydrogen (secondary N) is 1. The fourth-order valence-corrected chi connectivity index (χ4v) is 1.86. The van der Waals surface area contributed by atoms with Crippen LogP contribution in [0.4, 0.5) is 0 Å². The summed E-state index contributed by atoms with van der Waals surface area (Å²) in [7, 11) is 1.85. The Labute approximate surface area is 65.4 Å². The number of rotatable bonds is 1. The molecule has 1 aliphatic heterocycles. The van der Waals surface area contributed by atoms with Gasteiger partial charge in [-0.25, -0.2) is 0 Å². The van der Waals surface area contributed by atoms with Gasteiger partial charge in [-0.15, -0.1) is 0 Å². The Kier molecular flexibility index (Phi) is 3.13. The van der Waals surface area contributed by atoms with Gasteiger partial charge in [0, 0.05) is 0 Å². The molecule has 5 heteroatoms. The maximum atomic E-state index is 5.49. The number of hydrogen-bond acceptors (Lipinski definition) is 4. The molecule has 0 saturated carbocycles. The third-order valence-electron chi connectivity index (χ3n) is 1.06. The molecular weight excluding hydrogens is 235 g/mol. The molecule has 4 nitrogen and oxygen atoms in total. The SMILES string of the molecule is CNC1CC(N)O[I-]O1. The van der Waals surface area contributed by atoms with E-state index in [0.29, 0.717) is 0 Å². The van der Waals surface area contributed by atoms with Crippen LogP contribution >= 0.6 is 0 Å². The molecule has 1 aliphatic rings. The molecule has 3 N–H and O–H groups in total. The van der Waals surface area contributed by atoms with Crippen LogP contribution in [0.25, 0.3) is 0 Å². The first kappa shape index (κ1) is 7.67. The number of nitrogens with two attached hydrogens (primary N) is 1. The minimum absolute atomic E-state index is 0.113. The summed E-state index contributed by atoms with van der Waals surface area (Å²) in [5.74, 6) is 0. The summed E-state index contributed by atoms with van der Waals surface area (Å²) in [6.45, 7) is 0. The molecule has 9 heavy (non-hydrogen) atoms. The van der Waals surface area contributed by atoms with E-state index in [9.17, 15) is 0 Å². The second kappa shape index (κ2) is 3.67. The summed E-state index contributed by atoms with van der Waals surface area (Å²) in [5.41, 5.74) is 5.49.